The molecule has 0 bridgehead atoms. The van der Waals surface area contributed by atoms with Gasteiger partial charge in [0.15, 0.2) is 0 Å². The molecule has 0 aromatic carbocycles. The number of rotatable bonds is 3. The first-order valence-corrected chi connectivity index (χ1v) is 3.73. The van der Waals surface area contributed by atoms with Crippen molar-refractivity contribution in [3.8, 4) is 0 Å². The summed E-state index contributed by atoms with van der Waals surface area (Å²) in [7, 11) is 0. The lowest BCUT2D eigenvalue weighted by molar-refractivity contribution is -0.158. The predicted octanol–water partition coefficient (Wildman–Crippen LogP) is 1.85. The van der Waals surface area contributed by atoms with Crippen LogP contribution < -0.4 is 0 Å². The zero-order valence-corrected chi connectivity index (χ0v) is 6.30. The topological polar surface area (TPSA) is 37.3 Å². The fourth-order valence-corrected chi connectivity index (χ4v) is 0.733. The number of halogens is 4. The second-order valence-corrected chi connectivity index (χ2v) is 2.83. The van der Waals surface area contributed by atoms with Crippen molar-refractivity contribution in [2.75, 3.05) is 0 Å². The first kappa shape index (κ1) is 10.8. The molecule has 11 heavy (non-hydrogen) atoms. The van der Waals surface area contributed by atoms with E-state index in [1.807, 2.05) is 0 Å². The van der Waals surface area contributed by atoms with Crippen molar-refractivity contribution in [3.05, 3.63) is 0 Å². The minimum absolute atomic E-state index is 0.806. The van der Waals surface area contributed by atoms with E-state index in [4.69, 9.17) is 4.55 Å². The molecule has 1 atom stereocenters. The average molecular weight is 194 g/mol. The molecule has 7 heteroatoms. The normalized spacial score (nSPS) is 16.5. The molecule has 0 rings (SSSR count). The maximum Gasteiger partial charge on any atom is 0.406 e. The highest BCUT2D eigenvalue weighted by molar-refractivity contribution is 7.80. The van der Waals surface area contributed by atoms with Crippen LogP contribution >= 0.6 is 0 Å². The Morgan fingerprint density at radius 3 is 1.82 bits per heavy atom. The zero-order valence-electron chi connectivity index (χ0n) is 5.48. The van der Waals surface area contributed by atoms with Crippen LogP contribution in [0.5, 0.6) is 0 Å². The van der Waals surface area contributed by atoms with Crippen LogP contribution in [0.3, 0.4) is 0 Å². The van der Waals surface area contributed by atoms with E-state index in [-0.39, 0.29) is 0 Å². The van der Waals surface area contributed by atoms with E-state index >= 15 is 0 Å². The van der Waals surface area contributed by atoms with Crippen molar-refractivity contribution in [2.24, 2.45) is 0 Å². The van der Waals surface area contributed by atoms with Gasteiger partial charge >= 0.3 is 11.2 Å². The molecule has 0 saturated carbocycles. The van der Waals surface area contributed by atoms with Crippen LogP contribution in [0.1, 0.15) is 13.3 Å². The van der Waals surface area contributed by atoms with Crippen LogP contribution in [-0.2, 0) is 11.1 Å². The quantitative estimate of drug-likeness (QED) is 0.549. The fourth-order valence-electron chi connectivity index (χ4n) is 0.334. The van der Waals surface area contributed by atoms with Gasteiger partial charge in [0.05, 0.1) is 0 Å². The highest BCUT2D eigenvalue weighted by Crippen LogP contribution is 2.38. The highest BCUT2D eigenvalue weighted by Gasteiger charge is 2.59. The third-order valence-corrected chi connectivity index (χ3v) is 1.83. The molecule has 0 radical (unpaired) electrons. The summed E-state index contributed by atoms with van der Waals surface area (Å²) in [6.07, 6.45) is -1.17. The lowest BCUT2D eigenvalue weighted by Gasteiger charge is -2.21. The van der Waals surface area contributed by atoms with Crippen LogP contribution in [0.15, 0.2) is 0 Å². The summed E-state index contributed by atoms with van der Waals surface area (Å²) < 4.78 is 65.7. The van der Waals surface area contributed by atoms with Crippen molar-refractivity contribution in [1.29, 1.82) is 0 Å². The summed E-state index contributed by atoms with van der Waals surface area (Å²) in [6, 6.07) is 0. The Balaban J connectivity index is 4.67. The summed E-state index contributed by atoms with van der Waals surface area (Å²) in [5, 5.41) is -4.86. The molecule has 0 aromatic heterocycles. The molecule has 0 saturated heterocycles. The predicted molar refractivity (Wildman–Crippen MR) is 31.0 cm³/mol. The summed E-state index contributed by atoms with van der Waals surface area (Å²) in [5.74, 6) is -4.42. The second-order valence-electron chi connectivity index (χ2n) is 1.82. The van der Waals surface area contributed by atoms with E-state index in [1.54, 1.807) is 0 Å². The Hall–Kier alpha value is -0.170. The number of alkyl halides is 4. The maximum atomic E-state index is 12.1. The molecule has 0 fully saturated rings. The molecular formula is C4H6F4O2S. The average Bonchev–Trinajstić information content (AvgIpc) is 1.87. The molecule has 0 aliphatic carbocycles. The lowest BCUT2D eigenvalue weighted by Crippen LogP contribution is -2.43. The van der Waals surface area contributed by atoms with Crippen molar-refractivity contribution >= 4 is 11.1 Å². The molecule has 0 aliphatic heterocycles. The highest BCUT2D eigenvalue weighted by atomic mass is 32.2. The molecule has 0 amide bonds. The van der Waals surface area contributed by atoms with Crippen LogP contribution in [0.4, 0.5) is 17.6 Å². The van der Waals surface area contributed by atoms with Gasteiger partial charge in [0.1, 0.15) is 0 Å². The number of hydrogen-bond donors (Lipinski definition) is 1. The third-order valence-electron chi connectivity index (χ3n) is 1.09. The molecule has 0 aromatic rings. The van der Waals surface area contributed by atoms with Crippen molar-refractivity contribution in [3.63, 3.8) is 0 Å². The van der Waals surface area contributed by atoms with Gasteiger partial charge in [0, 0.05) is 6.42 Å². The zero-order chi connectivity index (χ0) is 9.28. The van der Waals surface area contributed by atoms with Crippen molar-refractivity contribution in [2.45, 2.75) is 24.5 Å². The SMILES string of the molecule is CCC(F)(F)C(F)(F)S(=O)O. The largest absolute Gasteiger partial charge is 0.406 e. The molecule has 68 valence electrons. The summed E-state index contributed by atoms with van der Waals surface area (Å²) in [5.41, 5.74) is 0. The molecule has 1 unspecified atom stereocenters. The Labute approximate surface area is 62.9 Å². The van der Waals surface area contributed by atoms with E-state index in [0.29, 0.717) is 0 Å². The smallest absolute Gasteiger partial charge is 0.301 e. The van der Waals surface area contributed by atoms with E-state index in [2.05, 4.69) is 0 Å². The van der Waals surface area contributed by atoms with E-state index in [0.717, 1.165) is 6.92 Å². The van der Waals surface area contributed by atoms with Gasteiger partial charge in [-0.3, -0.25) is 0 Å². The molecule has 0 aliphatic rings. The standard InChI is InChI=1S/C4H6F4O2S/c1-2-3(5,6)4(7,8)11(9)10/h2H2,1H3,(H,9,10). The first-order chi connectivity index (χ1) is 4.75. The van der Waals surface area contributed by atoms with Crippen LogP contribution in [0.25, 0.3) is 0 Å². The summed E-state index contributed by atoms with van der Waals surface area (Å²) in [4.78, 5) is 0. The maximum absolute atomic E-state index is 12.1. The molecule has 1 N–H and O–H groups in total. The van der Waals surface area contributed by atoms with Crippen molar-refractivity contribution in [1.82, 2.24) is 0 Å². The second kappa shape index (κ2) is 3.06. The van der Waals surface area contributed by atoms with Crippen LogP contribution in [-0.4, -0.2) is 19.9 Å². The minimum Gasteiger partial charge on any atom is -0.301 e. The van der Waals surface area contributed by atoms with Gasteiger partial charge in [-0.1, -0.05) is 6.92 Å². The third kappa shape index (κ3) is 1.90. The Morgan fingerprint density at radius 2 is 1.73 bits per heavy atom. The minimum atomic E-state index is -4.86. The lowest BCUT2D eigenvalue weighted by atomic mass is 10.3. The Kier molecular flexibility index (Phi) is 3.01. The van der Waals surface area contributed by atoms with E-state index < -0.39 is 28.7 Å². The van der Waals surface area contributed by atoms with Crippen LogP contribution in [0.2, 0.25) is 0 Å². The van der Waals surface area contributed by atoms with Gasteiger partial charge in [-0.2, -0.15) is 17.6 Å². The van der Waals surface area contributed by atoms with Gasteiger partial charge in [0.25, 0.3) is 0 Å². The Bertz CT molecular complexity index is 169. The van der Waals surface area contributed by atoms with Gasteiger partial charge in [-0.15, -0.1) is 0 Å². The monoisotopic (exact) mass is 194 g/mol. The molecule has 2 nitrogen and oxygen atoms in total. The summed E-state index contributed by atoms with van der Waals surface area (Å²) in [6.45, 7) is 0.806. The fraction of sp³-hybridized carbons (Fsp3) is 1.00. The molecule has 0 heterocycles. The van der Waals surface area contributed by atoms with Gasteiger partial charge in [-0.25, -0.2) is 4.21 Å². The van der Waals surface area contributed by atoms with E-state index in [1.165, 1.54) is 0 Å². The van der Waals surface area contributed by atoms with Crippen molar-refractivity contribution < 1.29 is 26.3 Å². The first-order valence-electron chi connectivity index (χ1n) is 2.62. The van der Waals surface area contributed by atoms with E-state index in [9.17, 15) is 21.8 Å². The molecule has 0 spiro atoms. The molecular weight excluding hydrogens is 188 g/mol. The number of hydrogen-bond acceptors (Lipinski definition) is 1. The van der Waals surface area contributed by atoms with Crippen LogP contribution in [0, 0.1) is 0 Å². The summed E-state index contributed by atoms with van der Waals surface area (Å²) >= 11 is -3.83. The van der Waals surface area contributed by atoms with Gasteiger partial charge in [0.2, 0.25) is 11.1 Å². The van der Waals surface area contributed by atoms with Gasteiger partial charge in [-0.05, 0) is 0 Å². The Morgan fingerprint density at radius 1 is 1.36 bits per heavy atom. The van der Waals surface area contributed by atoms with Gasteiger partial charge < -0.3 is 4.55 Å².